The van der Waals surface area contributed by atoms with E-state index >= 15 is 0 Å². The Morgan fingerprint density at radius 2 is 1.29 bits per heavy atom. The van der Waals surface area contributed by atoms with E-state index in [1.165, 1.54) is 88.8 Å². The van der Waals surface area contributed by atoms with Gasteiger partial charge in [0.15, 0.2) is 0 Å². The largest absolute Gasteiger partial charge is 0.0616 e. The molecule has 0 aromatic rings. The lowest BCUT2D eigenvalue weighted by Gasteiger charge is -3.42. The molecule has 0 amide bonds. The van der Waals surface area contributed by atoms with Crippen molar-refractivity contribution >= 4 is 0 Å². The summed E-state index contributed by atoms with van der Waals surface area (Å²) >= 11 is 0. The zero-order valence-electron chi connectivity index (χ0n) is 26.3. The summed E-state index contributed by atoms with van der Waals surface area (Å²) in [4.78, 5) is 0. The molecule has 0 radical (unpaired) electrons. The van der Waals surface area contributed by atoms with Crippen LogP contribution in [0, 0.1) is 171 Å². The molecule has 30 atom stereocenters. The van der Waals surface area contributed by atoms with Crippen molar-refractivity contribution in [3.63, 3.8) is 0 Å². The van der Waals surface area contributed by atoms with E-state index in [4.69, 9.17) is 0 Å². The average molecular weight is 551 g/mol. The van der Waals surface area contributed by atoms with E-state index in [0.29, 0.717) is 0 Å². The number of hydrogen-bond donors (Lipinski definition) is 0. The summed E-state index contributed by atoms with van der Waals surface area (Å²) in [6.07, 6.45) is 12.2. The van der Waals surface area contributed by atoms with Gasteiger partial charge in [-0.2, -0.15) is 0 Å². The summed E-state index contributed by atoms with van der Waals surface area (Å²) in [6.45, 7) is 14.5. The third kappa shape index (κ3) is 0.641. The zero-order valence-corrected chi connectivity index (χ0v) is 26.3. The lowest BCUT2D eigenvalue weighted by molar-refractivity contribution is -0.971. The van der Waals surface area contributed by atoms with Crippen LogP contribution in [0.25, 0.3) is 0 Å². The predicted octanol–water partition coefficient (Wildman–Crippen LogP) is 7.39. The van der Waals surface area contributed by atoms with Crippen LogP contribution in [0.1, 0.15) is 79.6 Å². The molecular weight excluding hydrogens is 504 g/mol. The monoisotopic (exact) mass is 550 g/mol. The fraction of sp³-hybridized carbons (Fsp3) is 1.00. The molecule has 0 aromatic carbocycles. The highest BCUT2D eigenvalue weighted by atomic mass is 15.4. The van der Waals surface area contributed by atoms with Crippen LogP contribution in [0.15, 0.2) is 0 Å². The Balaban J connectivity index is 0.756. The van der Waals surface area contributed by atoms with Crippen LogP contribution in [-0.2, 0) is 0 Å². The molecular formula is C42H46. The van der Waals surface area contributed by atoms with Gasteiger partial charge in [0.25, 0.3) is 0 Å². The van der Waals surface area contributed by atoms with Crippen molar-refractivity contribution in [1.29, 1.82) is 0 Å². The van der Waals surface area contributed by atoms with Crippen molar-refractivity contribution in [3.05, 3.63) is 0 Å². The van der Waals surface area contributed by atoms with Gasteiger partial charge in [-0.1, -0.05) is 34.6 Å². The van der Waals surface area contributed by atoms with Crippen LogP contribution >= 0.6 is 0 Å². The van der Waals surface area contributed by atoms with Crippen molar-refractivity contribution < 1.29 is 0 Å². The Morgan fingerprint density at radius 1 is 0.571 bits per heavy atom. The van der Waals surface area contributed by atoms with Crippen LogP contribution < -0.4 is 0 Å². The summed E-state index contributed by atoms with van der Waals surface area (Å²) in [5.74, 6) is 21.0. The van der Waals surface area contributed by atoms with Crippen molar-refractivity contribution in [2.75, 3.05) is 0 Å². The van der Waals surface area contributed by atoms with Gasteiger partial charge in [0.05, 0.1) is 0 Å². The van der Waals surface area contributed by atoms with E-state index in [1.54, 1.807) is 44.9 Å². The van der Waals surface area contributed by atoms with E-state index in [2.05, 4.69) is 34.6 Å². The second-order valence-electron chi connectivity index (χ2n) is 24.2. The predicted molar refractivity (Wildman–Crippen MR) is 152 cm³/mol. The minimum Gasteiger partial charge on any atom is -0.0616 e. The first-order chi connectivity index (χ1) is 20.3. The summed E-state index contributed by atoms with van der Waals surface area (Å²) < 4.78 is 0. The van der Waals surface area contributed by atoms with Gasteiger partial charge < -0.3 is 0 Å². The maximum Gasteiger partial charge on any atom is -0.00204 e. The minimum absolute atomic E-state index is 0.719. The molecule has 9 spiro atoms. The number of fused-ring (bicyclic) bond motifs is 10. The van der Waals surface area contributed by atoms with Crippen molar-refractivity contribution in [2.45, 2.75) is 79.6 Å². The summed E-state index contributed by atoms with van der Waals surface area (Å²) in [5, 5.41) is 0. The molecule has 0 aliphatic heterocycles. The lowest BCUT2D eigenvalue weighted by atomic mass is 8.60. The van der Waals surface area contributed by atoms with Gasteiger partial charge in [0.2, 0.25) is 0 Å². The molecule has 0 saturated heterocycles. The first-order valence-corrected chi connectivity index (χ1v) is 20.3. The molecule has 20 aliphatic rings. The maximum atomic E-state index is 2.99. The fourth-order valence-electron chi connectivity index (χ4n) is 33.5. The van der Waals surface area contributed by atoms with Gasteiger partial charge >= 0.3 is 0 Å². The maximum absolute atomic E-state index is 2.99. The van der Waals surface area contributed by atoms with Crippen LogP contribution in [-0.4, -0.2) is 0 Å². The molecule has 0 heterocycles. The summed E-state index contributed by atoms with van der Waals surface area (Å²) in [6, 6.07) is 0. The first kappa shape index (κ1) is 19.0. The van der Waals surface area contributed by atoms with E-state index < -0.39 is 0 Å². The quantitative estimate of drug-likeness (QED) is 0.344. The zero-order chi connectivity index (χ0) is 26.3. The van der Waals surface area contributed by atoms with E-state index in [1.807, 2.05) is 0 Å². The average Bonchev–Trinajstić information content (AvgIpc) is 2.89. The standard InChI is InChI=1S/C42H46/c1-13-24-21-11-22-29-33(7-6-16-17-10-20-27-18-8-15-9-19-28-26(16)35(17,20)37(27,28)34(15,18)19)12-23-25-14(2)31(4)32(5)30(13,3)39(24)36(21,22)41(29)38(23,33)40(25,31)42(32,39)41/h13-29H,6-12H2,1-5H3/t13-,14+,15?,16?,17?,18?,19?,20?,21?,22?,23?,24?,25?,26?,27?,28?,29?,30?,31?,32?,33?,34?,35?,36?,37?,38?,39?,40?,41?,42?/m0/s1. The highest BCUT2D eigenvalue weighted by molar-refractivity contribution is 5.86. The van der Waals surface area contributed by atoms with Crippen LogP contribution in [0.4, 0.5) is 0 Å². The fourth-order valence-corrected chi connectivity index (χ4v) is 33.5. The smallest absolute Gasteiger partial charge is 0.00204 e. The first-order valence-electron chi connectivity index (χ1n) is 20.3. The molecule has 42 heavy (non-hydrogen) atoms. The minimum atomic E-state index is 0.719. The second kappa shape index (κ2) is 3.55. The molecule has 28 unspecified atom stereocenters. The van der Waals surface area contributed by atoms with E-state index in [0.717, 1.165) is 82.2 Å². The third-order valence-corrected chi connectivity index (χ3v) is 30.0. The molecule has 0 nitrogen and oxygen atoms in total. The van der Waals surface area contributed by atoms with Gasteiger partial charge in [-0.15, -0.1) is 0 Å². The van der Waals surface area contributed by atoms with Crippen molar-refractivity contribution in [3.8, 4) is 0 Å². The highest BCUT2D eigenvalue weighted by Crippen LogP contribution is 3.43. The van der Waals surface area contributed by atoms with Crippen molar-refractivity contribution in [2.24, 2.45) is 171 Å². The Labute approximate surface area is 250 Å². The molecule has 20 rings (SSSR count). The molecule has 20 fully saturated rings. The Hall–Kier alpha value is 0. The molecule has 0 aromatic heterocycles. The van der Waals surface area contributed by atoms with Gasteiger partial charge in [-0.3, -0.25) is 0 Å². The molecule has 214 valence electrons. The Morgan fingerprint density at radius 3 is 2.10 bits per heavy atom. The van der Waals surface area contributed by atoms with Crippen LogP contribution in [0.5, 0.6) is 0 Å². The second-order valence-corrected chi connectivity index (χ2v) is 24.2. The molecule has 0 N–H and O–H groups in total. The Kier molecular flexibility index (Phi) is 1.60. The molecule has 20 saturated carbocycles. The van der Waals surface area contributed by atoms with Gasteiger partial charge in [0.1, 0.15) is 0 Å². The highest BCUT2D eigenvalue weighted by Gasteiger charge is 3.41. The molecule has 0 bridgehead atoms. The van der Waals surface area contributed by atoms with Gasteiger partial charge in [-0.05, 0) is 216 Å². The number of hydrogen-bond acceptors (Lipinski definition) is 0. The van der Waals surface area contributed by atoms with Gasteiger partial charge in [-0.25, -0.2) is 0 Å². The van der Waals surface area contributed by atoms with Crippen LogP contribution in [0.2, 0.25) is 0 Å². The van der Waals surface area contributed by atoms with Crippen LogP contribution in [0.3, 0.4) is 0 Å². The topological polar surface area (TPSA) is 0 Å². The molecule has 0 heteroatoms. The van der Waals surface area contributed by atoms with E-state index in [9.17, 15) is 0 Å². The van der Waals surface area contributed by atoms with Gasteiger partial charge in [0, 0.05) is 0 Å². The summed E-state index contributed by atoms with van der Waals surface area (Å²) in [5.41, 5.74) is 11.7. The normalized spacial score (nSPS) is 107. The molecule has 20 aliphatic carbocycles. The summed E-state index contributed by atoms with van der Waals surface area (Å²) in [7, 11) is 0. The van der Waals surface area contributed by atoms with E-state index in [-0.39, 0.29) is 0 Å². The number of rotatable bonds is 3. The SMILES string of the molecule is C[C@@H]1C2C3CC4(CCC5C6CC7C8C9CC%10CC%11C%12C5C67C8%12C%109%11)C5C6CC7C8[C@H](C)C9(C)C%10(C)C1(C)C21C34C52C76C89C%1021. The van der Waals surface area contributed by atoms with Crippen molar-refractivity contribution in [1.82, 2.24) is 0 Å². The third-order valence-electron chi connectivity index (χ3n) is 30.0. The Bertz CT molecular complexity index is 1890. The lowest BCUT2D eigenvalue weighted by Crippen LogP contribution is -3.40.